The normalized spacial score (nSPS) is 23.8. The SMILES string of the molecule is Cn1c(S[C@@H]2CS(=O)(=O)C[C@@H]2O)nnc1-c1ccc(F)cc1. The number of sulfone groups is 1. The fraction of sp³-hybridized carbons (Fsp3) is 0.385. The molecule has 1 N–H and O–H groups in total. The van der Waals surface area contributed by atoms with E-state index >= 15 is 0 Å². The number of hydrogen-bond acceptors (Lipinski definition) is 6. The Kier molecular flexibility index (Phi) is 3.96. The highest BCUT2D eigenvalue weighted by molar-refractivity contribution is 8.01. The van der Waals surface area contributed by atoms with Gasteiger partial charge in [-0.1, -0.05) is 11.8 Å². The smallest absolute Gasteiger partial charge is 0.191 e. The molecule has 1 saturated heterocycles. The third kappa shape index (κ3) is 3.01. The van der Waals surface area contributed by atoms with Crippen LogP contribution >= 0.6 is 11.8 Å². The molecule has 6 nitrogen and oxygen atoms in total. The number of aromatic nitrogens is 3. The summed E-state index contributed by atoms with van der Waals surface area (Å²) in [5, 5.41) is 18.0. The van der Waals surface area contributed by atoms with Gasteiger partial charge in [-0.2, -0.15) is 0 Å². The van der Waals surface area contributed by atoms with Crippen molar-refractivity contribution in [1.29, 1.82) is 0 Å². The van der Waals surface area contributed by atoms with E-state index in [4.69, 9.17) is 0 Å². The van der Waals surface area contributed by atoms with Gasteiger partial charge in [0.05, 0.1) is 22.9 Å². The lowest BCUT2D eigenvalue weighted by Gasteiger charge is -2.11. The topological polar surface area (TPSA) is 85.1 Å². The van der Waals surface area contributed by atoms with Crippen LogP contribution in [0.2, 0.25) is 0 Å². The zero-order chi connectivity index (χ0) is 15.9. The molecule has 0 saturated carbocycles. The Morgan fingerprint density at radius 3 is 2.55 bits per heavy atom. The second kappa shape index (κ2) is 5.64. The first-order chi connectivity index (χ1) is 10.4. The monoisotopic (exact) mass is 343 g/mol. The van der Waals surface area contributed by atoms with Gasteiger partial charge in [0, 0.05) is 12.6 Å². The maximum Gasteiger partial charge on any atom is 0.191 e. The summed E-state index contributed by atoms with van der Waals surface area (Å²) in [4.78, 5) is 0. The van der Waals surface area contributed by atoms with Crippen LogP contribution in [0.1, 0.15) is 0 Å². The number of hydrogen-bond donors (Lipinski definition) is 1. The van der Waals surface area contributed by atoms with E-state index in [9.17, 15) is 17.9 Å². The number of nitrogens with zero attached hydrogens (tertiary/aromatic N) is 3. The van der Waals surface area contributed by atoms with Crippen molar-refractivity contribution in [1.82, 2.24) is 14.8 Å². The Morgan fingerprint density at radius 2 is 1.95 bits per heavy atom. The molecule has 0 radical (unpaired) electrons. The summed E-state index contributed by atoms with van der Waals surface area (Å²) in [6, 6.07) is 5.87. The van der Waals surface area contributed by atoms with Gasteiger partial charge >= 0.3 is 0 Å². The summed E-state index contributed by atoms with van der Waals surface area (Å²) in [5.41, 5.74) is 0.711. The second-order valence-electron chi connectivity index (χ2n) is 5.17. The first kappa shape index (κ1) is 15.4. The lowest BCUT2D eigenvalue weighted by Crippen LogP contribution is -2.20. The van der Waals surface area contributed by atoms with E-state index in [1.54, 1.807) is 23.7 Å². The van der Waals surface area contributed by atoms with Crippen LogP contribution in [0.5, 0.6) is 0 Å². The van der Waals surface area contributed by atoms with E-state index in [-0.39, 0.29) is 17.3 Å². The molecule has 0 bridgehead atoms. The van der Waals surface area contributed by atoms with Gasteiger partial charge < -0.3 is 9.67 Å². The second-order valence-corrected chi connectivity index (χ2v) is 8.53. The highest BCUT2D eigenvalue weighted by atomic mass is 32.2. The van der Waals surface area contributed by atoms with Crippen LogP contribution in [0.15, 0.2) is 29.4 Å². The van der Waals surface area contributed by atoms with Crippen molar-refractivity contribution in [3.63, 3.8) is 0 Å². The van der Waals surface area contributed by atoms with Crippen LogP contribution in [-0.2, 0) is 16.9 Å². The lowest BCUT2D eigenvalue weighted by atomic mass is 10.2. The van der Waals surface area contributed by atoms with Gasteiger partial charge in [-0.3, -0.25) is 0 Å². The largest absolute Gasteiger partial charge is 0.391 e. The average Bonchev–Trinajstić information content (AvgIpc) is 2.92. The number of thioether (sulfide) groups is 1. The molecule has 0 spiro atoms. The molecule has 2 heterocycles. The summed E-state index contributed by atoms with van der Waals surface area (Å²) in [5.74, 6) is -0.0668. The number of aliphatic hydroxyl groups is 1. The van der Waals surface area contributed by atoms with Crippen molar-refractivity contribution in [3.8, 4) is 11.4 Å². The lowest BCUT2D eigenvalue weighted by molar-refractivity contribution is 0.207. The number of benzene rings is 1. The Balaban J connectivity index is 1.84. The Morgan fingerprint density at radius 1 is 1.27 bits per heavy atom. The first-order valence-corrected chi connectivity index (χ1v) is 9.26. The van der Waals surface area contributed by atoms with Gasteiger partial charge in [0.15, 0.2) is 20.8 Å². The predicted molar refractivity (Wildman–Crippen MR) is 80.7 cm³/mol. The van der Waals surface area contributed by atoms with Crippen molar-refractivity contribution in [2.75, 3.05) is 11.5 Å². The Bertz CT molecular complexity index is 789. The van der Waals surface area contributed by atoms with Crippen LogP contribution < -0.4 is 0 Å². The molecule has 2 atom stereocenters. The molecule has 1 fully saturated rings. The minimum atomic E-state index is -3.20. The highest BCUT2D eigenvalue weighted by Crippen LogP contribution is 2.31. The first-order valence-electron chi connectivity index (χ1n) is 6.56. The molecule has 118 valence electrons. The molecule has 1 aliphatic rings. The van der Waals surface area contributed by atoms with Crippen molar-refractivity contribution in [3.05, 3.63) is 30.1 Å². The summed E-state index contributed by atoms with van der Waals surface area (Å²) in [6.45, 7) is 0. The zero-order valence-corrected chi connectivity index (χ0v) is 13.3. The van der Waals surface area contributed by atoms with E-state index in [1.807, 2.05) is 0 Å². The molecule has 1 aromatic carbocycles. The van der Waals surface area contributed by atoms with E-state index in [0.29, 0.717) is 16.5 Å². The van der Waals surface area contributed by atoms with Gasteiger partial charge in [-0.25, -0.2) is 12.8 Å². The van der Waals surface area contributed by atoms with Crippen LogP contribution in [0, 0.1) is 5.82 Å². The Hall–Kier alpha value is -1.45. The van der Waals surface area contributed by atoms with Gasteiger partial charge in [0.2, 0.25) is 0 Å². The zero-order valence-electron chi connectivity index (χ0n) is 11.7. The van der Waals surface area contributed by atoms with Crippen LogP contribution in [-0.4, -0.2) is 51.1 Å². The molecule has 2 aromatic rings. The van der Waals surface area contributed by atoms with Gasteiger partial charge in [0.1, 0.15) is 5.82 Å². The fourth-order valence-corrected chi connectivity index (χ4v) is 5.80. The molecule has 3 rings (SSSR count). The van der Waals surface area contributed by atoms with Crippen molar-refractivity contribution < 1.29 is 17.9 Å². The van der Waals surface area contributed by atoms with Gasteiger partial charge in [0.25, 0.3) is 0 Å². The number of aliphatic hydroxyl groups excluding tert-OH is 1. The molecule has 0 unspecified atom stereocenters. The summed E-state index contributed by atoms with van der Waals surface area (Å²) in [7, 11) is -1.45. The van der Waals surface area contributed by atoms with Crippen LogP contribution in [0.4, 0.5) is 4.39 Å². The summed E-state index contributed by atoms with van der Waals surface area (Å²) >= 11 is 1.19. The minimum Gasteiger partial charge on any atom is -0.391 e. The molecule has 0 amide bonds. The molecule has 22 heavy (non-hydrogen) atoms. The van der Waals surface area contributed by atoms with Crippen molar-refractivity contribution in [2.45, 2.75) is 16.5 Å². The van der Waals surface area contributed by atoms with Crippen molar-refractivity contribution >= 4 is 21.6 Å². The average molecular weight is 343 g/mol. The van der Waals surface area contributed by atoms with Crippen LogP contribution in [0.25, 0.3) is 11.4 Å². The third-order valence-corrected chi connectivity index (χ3v) is 6.74. The minimum absolute atomic E-state index is 0.0719. The van der Waals surface area contributed by atoms with E-state index in [2.05, 4.69) is 10.2 Å². The third-order valence-electron chi connectivity index (χ3n) is 3.47. The Labute approximate surface area is 131 Å². The molecular weight excluding hydrogens is 329 g/mol. The molecule has 1 aliphatic heterocycles. The van der Waals surface area contributed by atoms with Gasteiger partial charge in [-0.05, 0) is 24.3 Å². The molecule has 0 aliphatic carbocycles. The summed E-state index contributed by atoms with van der Waals surface area (Å²) < 4.78 is 37.7. The quantitative estimate of drug-likeness (QED) is 0.890. The van der Waals surface area contributed by atoms with Crippen LogP contribution in [0.3, 0.4) is 0 Å². The van der Waals surface area contributed by atoms with Gasteiger partial charge in [-0.15, -0.1) is 10.2 Å². The molecule has 9 heteroatoms. The maximum absolute atomic E-state index is 13.0. The fourth-order valence-electron chi connectivity index (χ4n) is 2.31. The highest BCUT2D eigenvalue weighted by Gasteiger charge is 2.38. The molecular formula is C13H14FN3O3S2. The maximum atomic E-state index is 13.0. The predicted octanol–water partition coefficient (Wildman–Crippen LogP) is 0.871. The van der Waals surface area contributed by atoms with E-state index < -0.39 is 21.2 Å². The summed E-state index contributed by atoms with van der Waals surface area (Å²) in [6.07, 6.45) is -0.902. The number of rotatable bonds is 3. The van der Waals surface area contributed by atoms with Crippen molar-refractivity contribution in [2.24, 2.45) is 7.05 Å². The van der Waals surface area contributed by atoms with E-state index in [0.717, 1.165) is 0 Å². The number of halogens is 1. The molecule has 1 aromatic heterocycles. The standard InChI is InChI=1S/C13H14FN3O3S2/c1-17-12(8-2-4-9(14)5-3-8)15-16-13(17)21-11-7-22(19,20)6-10(11)18/h2-5,10-11,18H,6-7H2,1H3/t10-,11+/m0/s1. The van der Waals surface area contributed by atoms with E-state index in [1.165, 1.54) is 23.9 Å².